The maximum Gasteiger partial charge on any atom is 0.258 e. The maximum atomic E-state index is 14.0. The van der Waals surface area contributed by atoms with Crippen molar-refractivity contribution in [1.29, 1.82) is 0 Å². The fourth-order valence-corrected chi connectivity index (χ4v) is 2.29. The highest BCUT2D eigenvalue weighted by Crippen LogP contribution is 2.31. The molecule has 1 amide bonds. The van der Waals surface area contributed by atoms with Gasteiger partial charge in [-0.3, -0.25) is 9.69 Å². The number of pyridine rings is 1. The third kappa shape index (κ3) is 2.20. The first-order valence-corrected chi connectivity index (χ1v) is 6.50. The van der Waals surface area contributed by atoms with Gasteiger partial charge in [-0.2, -0.15) is 4.39 Å². The summed E-state index contributed by atoms with van der Waals surface area (Å²) in [6.07, 6.45) is 1.28. The minimum absolute atomic E-state index is 0.0256. The molecule has 0 radical (unpaired) electrons. The van der Waals surface area contributed by atoms with Crippen LogP contribution in [-0.2, 0) is 4.79 Å². The molecule has 3 rings (SSSR count). The van der Waals surface area contributed by atoms with Crippen molar-refractivity contribution >= 4 is 11.9 Å². The summed E-state index contributed by atoms with van der Waals surface area (Å²) in [6.45, 7) is 0. The van der Waals surface area contributed by atoms with Crippen LogP contribution in [0.4, 0.5) is 8.78 Å². The summed E-state index contributed by atoms with van der Waals surface area (Å²) in [7, 11) is 1.51. The zero-order valence-corrected chi connectivity index (χ0v) is 11.6. The standard InChI is InChI=1S/C15H12F2N4O/c1-21-14(22)12(20-15(21)18)8-4-5-11(16)10(7-8)9-3-2-6-19-13(9)17/h2-7,12H,1H3,(H2,18,20)/t12-/m1/s1. The molecule has 0 saturated heterocycles. The molecule has 1 aliphatic rings. The van der Waals surface area contributed by atoms with Crippen LogP contribution in [0.5, 0.6) is 0 Å². The van der Waals surface area contributed by atoms with Gasteiger partial charge in [0.15, 0.2) is 12.0 Å². The minimum atomic E-state index is -0.843. The predicted octanol–water partition coefficient (Wildman–Crippen LogP) is 1.85. The molecule has 22 heavy (non-hydrogen) atoms. The first kappa shape index (κ1) is 14.1. The Morgan fingerprint density at radius 1 is 1.23 bits per heavy atom. The number of benzene rings is 1. The van der Waals surface area contributed by atoms with Crippen molar-refractivity contribution in [3.63, 3.8) is 0 Å². The van der Waals surface area contributed by atoms with Crippen LogP contribution >= 0.6 is 0 Å². The number of halogens is 2. The zero-order chi connectivity index (χ0) is 15.9. The van der Waals surface area contributed by atoms with Gasteiger partial charge in [0.2, 0.25) is 5.95 Å². The van der Waals surface area contributed by atoms with E-state index < -0.39 is 17.8 Å². The molecule has 1 aliphatic heterocycles. The number of hydrogen-bond donors (Lipinski definition) is 1. The summed E-state index contributed by atoms with van der Waals surface area (Å²) in [5, 5.41) is 0. The Morgan fingerprint density at radius 3 is 2.64 bits per heavy atom. The maximum absolute atomic E-state index is 14.0. The number of aromatic nitrogens is 1. The number of rotatable bonds is 2. The molecule has 1 aromatic carbocycles. The van der Waals surface area contributed by atoms with Gasteiger partial charge < -0.3 is 5.73 Å². The molecule has 1 atom stereocenters. The van der Waals surface area contributed by atoms with Crippen molar-refractivity contribution in [2.45, 2.75) is 6.04 Å². The molecule has 2 heterocycles. The number of nitrogens with two attached hydrogens (primary N) is 1. The monoisotopic (exact) mass is 302 g/mol. The molecule has 0 unspecified atom stereocenters. The molecule has 0 fully saturated rings. The topological polar surface area (TPSA) is 71.6 Å². The van der Waals surface area contributed by atoms with Crippen molar-refractivity contribution in [2.75, 3.05) is 7.05 Å². The fraction of sp³-hybridized carbons (Fsp3) is 0.133. The quantitative estimate of drug-likeness (QED) is 0.861. The van der Waals surface area contributed by atoms with E-state index in [4.69, 9.17) is 5.73 Å². The van der Waals surface area contributed by atoms with Crippen molar-refractivity contribution in [1.82, 2.24) is 9.88 Å². The summed E-state index contributed by atoms with van der Waals surface area (Å²) >= 11 is 0. The highest BCUT2D eigenvalue weighted by molar-refractivity contribution is 6.04. The van der Waals surface area contributed by atoms with E-state index in [1.54, 1.807) is 0 Å². The van der Waals surface area contributed by atoms with Gasteiger partial charge in [-0.25, -0.2) is 14.4 Å². The van der Waals surface area contributed by atoms with E-state index in [2.05, 4.69) is 9.98 Å². The van der Waals surface area contributed by atoms with Gasteiger partial charge in [0, 0.05) is 24.4 Å². The molecule has 5 nitrogen and oxygen atoms in total. The lowest BCUT2D eigenvalue weighted by Gasteiger charge is -2.12. The number of guanidine groups is 1. The smallest absolute Gasteiger partial charge is 0.258 e. The van der Waals surface area contributed by atoms with E-state index in [9.17, 15) is 13.6 Å². The minimum Gasteiger partial charge on any atom is -0.369 e. The second kappa shape index (κ2) is 5.18. The summed E-state index contributed by atoms with van der Waals surface area (Å²) in [4.78, 5) is 20.8. The van der Waals surface area contributed by atoms with E-state index >= 15 is 0 Å². The fourth-order valence-electron chi connectivity index (χ4n) is 2.29. The SMILES string of the molecule is CN1C(=O)[C@@H](c2ccc(F)c(-c3cccnc3F)c2)N=C1N. The summed E-state index contributed by atoms with van der Waals surface area (Å²) < 4.78 is 27.8. The summed E-state index contributed by atoms with van der Waals surface area (Å²) in [6, 6.07) is 6.09. The van der Waals surface area contributed by atoms with Crippen molar-refractivity contribution in [3.05, 3.63) is 53.9 Å². The van der Waals surface area contributed by atoms with E-state index in [1.165, 1.54) is 48.5 Å². The van der Waals surface area contributed by atoms with Crippen molar-refractivity contribution in [3.8, 4) is 11.1 Å². The normalized spacial score (nSPS) is 17.8. The van der Waals surface area contributed by atoms with Crippen LogP contribution in [-0.4, -0.2) is 28.8 Å². The largest absolute Gasteiger partial charge is 0.369 e. The number of amides is 1. The van der Waals surface area contributed by atoms with Crippen LogP contribution in [0.15, 0.2) is 41.5 Å². The Bertz CT molecular complexity index is 791. The van der Waals surface area contributed by atoms with Gasteiger partial charge in [0.05, 0.1) is 0 Å². The van der Waals surface area contributed by atoms with Gasteiger partial charge >= 0.3 is 0 Å². The van der Waals surface area contributed by atoms with Crippen LogP contribution in [0, 0.1) is 11.8 Å². The molecule has 2 N–H and O–H groups in total. The molecule has 2 aromatic rings. The molecule has 1 aromatic heterocycles. The van der Waals surface area contributed by atoms with Gasteiger partial charge in [-0.05, 0) is 29.8 Å². The average Bonchev–Trinajstić information content (AvgIpc) is 2.76. The highest BCUT2D eigenvalue weighted by atomic mass is 19.1. The number of hydrogen-bond acceptors (Lipinski definition) is 4. The van der Waals surface area contributed by atoms with Crippen LogP contribution in [0.2, 0.25) is 0 Å². The van der Waals surface area contributed by atoms with Gasteiger partial charge in [-0.1, -0.05) is 6.07 Å². The third-order valence-corrected chi connectivity index (χ3v) is 3.52. The Balaban J connectivity index is 2.09. The van der Waals surface area contributed by atoms with E-state index in [0.717, 1.165) is 0 Å². The van der Waals surface area contributed by atoms with Gasteiger partial charge in [-0.15, -0.1) is 0 Å². The lowest BCUT2D eigenvalue weighted by molar-refractivity contribution is -0.126. The number of carbonyl (C=O) groups excluding carboxylic acids is 1. The summed E-state index contributed by atoms with van der Waals surface area (Å²) in [5.74, 6) is -1.61. The third-order valence-electron chi connectivity index (χ3n) is 3.52. The molecular formula is C15H12F2N4O. The number of aliphatic imine (C=N–C) groups is 1. The molecular weight excluding hydrogens is 290 g/mol. The molecule has 0 spiro atoms. The summed E-state index contributed by atoms with van der Waals surface area (Å²) in [5.41, 5.74) is 6.10. The van der Waals surface area contributed by atoms with Crippen LogP contribution < -0.4 is 5.73 Å². The van der Waals surface area contributed by atoms with Crippen molar-refractivity contribution < 1.29 is 13.6 Å². The molecule has 0 saturated carbocycles. The lowest BCUT2D eigenvalue weighted by atomic mass is 9.99. The van der Waals surface area contributed by atoms with E-state index in [-0.39, 0.29) is 23.0 Å². The predicted molar refractivity (Wildman–Crippen MR) is 76.7 cm³/mol. The van der Waals surface area contributed by atoms with E-state index in [1.807, 2.05) is 0 Å². The lowest BCUT2D eigenvalue weighted by Crippen LogP contribution is -2.34. The second-order valence-corrected chi connectivity index (χ2v) is 4.87. The molecule has 7 heteroatoms. The first-order valence-electron chi connectivity index (χ1n) is 6.50. The van der Waals surface area contributed by atoms with Crippen LogP contribution in [0.1, 0.15) is 11.6 Å². The van der Waals surface area contributed by atoms with Crippen LogP contribution in [0.3, 0.4) is 0 Å². The Morgan fingerprint density at radius 2 is 2.00 bits per heavy atom. The van der Waals surface area contributed by atoms with Crippen molar-refractivity contribution in [2.24, 2.45) is 10.7 Å². The Kier molecular flexibility index (Phi) is 3.32. The Labute approximate surface area is 125 Å². The first-order chi connectivity index (χ1) is 10.5. The highest BCUT2D eigenvalue weighted by Gasteiger charge is 2.32. The molecule has 0 aliphatic carbocycles. The second-order valence-electron chi connectivity index (χ2n) is 4.87. The molecule has 112 valence electrons. The number of carbonyl (C=O) groups is 1. The number of nitrogens with zero attached hydrogens (tertiary/aromatic N) is 3. The molecule has 0 bridgehead atoms. The Hall–Kier alpha value is -2.83. The van der Waals surface area contributed by atoms with Crippen LogP contribution in [0.25, 0.3) is 11.1 Å². The van der Waals surface area contributed by atoms with Gasteiger partial charge in [0.25, 0.3) is 5.91 Å². The van der Waals surface area contributed by atoms with Gasteiger partial charge in [0.1, 0.15) is 5.82 Å². The van der Waals surface area contributed by atoms with E-state index in [0.29, 0.717) is 5.56 Å². The number of likely N-dealkylation sites (N-methyl/N-ethyl adjacent to an activating group) is 1. The average molecular weight is 302 g/mol. The zero-order valence-electron chi connectivity index (χ0n) is 11.6.